The molecule has 1 aromatic rings. The fraction of sp³-hybridized carbons (Fsp3) is 0.562. The number of benzene rings is 1. The average Bonchev–Trinajstić information content (AvgIpc) is 2.66. The monoisotopic (exact) mass is 322 g/mol. The fourth-order valence-electron chi connectivity index (χ4n) is 4.04. The number of fused-ring (bicyclic) bond motifs is 2. The van der Waals surface area contributed by atoms with Gasteiger partial charge in [0.1, 0.15) is 11.8 Å². The highest BCUT2D eigenvalue weighted by Gasteiger charge is 2.54. The molecule has 0 aromatic heterocycles. The van der Waals surface area contributed by atoms with Gasteiger partial charge in [-0.25, -0.2) is 0 Å². The summed E-state index contributed by atoms with van der Waals surface area (Å²) in [5, 5.41) is 40.3. The zero-order valence-electron chi connectivity index (χ0n) is 12.4. The maximum absolute atomic E-state index is 11.0. The van der Waals surface area contributed by atoms with E-state index >= 15 is 0 Å². The van der Waals surface area contributed by atoms with E-state index in [2.05, 4.69) is 0 Å². The highest BCUT2D eigenvalue weighted by Crippen LogP contribution is 2.50. The normalized spacial score (nSPS) is 33.8. The maximum atomic E-state index is 11.0. The summed E-state index contributed by atoms with van der Waals surface area (Å²) >= 11 is 6.21. The third-order valence-electron chi connectivity index (χ3n) is 4.79. The van der Waals surface area contributed by atoms with Crippen LogP contribution < -0.4 is 4.90 Å². The van der Waals surface area contributed by atoms with Crippen LogP contribution in [0.1, 0.15) is 43.7 Å². The number of hydrogen-bond acceptors (Lipinski definition) is 5. The second-order valence-electron chi connectivity index (χ2n) is 6.62. The Bertz CT molecular complexity index is 656. The van der Waals surface area contributed by atoms with Crippen LogP contribution in [0.4, 0.5) is 5.69 Å². The zero-order chi connectivity index (χ0) is 16.1. The lowest BCUT2D eigenvalue weighted by molar-refractivity contribution is -0.0731. The minimum absolute atomic E-state index is 0.0111. The summed E-state index contributed by atoms with van der Waals surface area (Å²) in [6, 6.07) is 5.31. The van der Waals surface area contributed by atoms with Gasteiger partial charge in [-0.2, -0.15) is 5.26 Å². The molecule has 3 rings (SSSR count). The molecule has 0 aliphatic carbocycles. The Kier molecular flexibility index (Phi) is 3.61. The van der Waals surface area contributed by atoms with Gasteiger partial charge in [-0.1, -0.05) is 11.6 Å². The lowest BCUT2D eigenvalue weighted by Crippen LogP contribution is -2.58. The number of aliphatic hydroxyl groups is 3. The molecular weight excluding hydrogens is 304 g/mol. The van der Waals surface area contributed by atoms with E-state index in [1.807, 2.05) is 11.0 Å². The first-order valence-electron chi connectivity index (χ1n) is 7.38. The third kappa shape index (κ3) is 2.27. The van der Waals surface area contributed by atoms with E-state index in [4.69, 9.17) is 16.9 Å². The SMILES string of the molecule is C[C@@]1(O)C[C@@H]2CC[C@](O)(C1)N2c1ccc(C#N)c(Cl)c1CO. The fourth-order valence-corrected chi connectivity index (χ4v) is 4.30. The van der Waals surface area contributed by atoms with Gasteiger partial charge < -0.3 is 20.2 Å². The van der Waals surface area contributed by atoms with Crippen molar-refractivity contribution in [3.05, 3.63) is 28.3 Å². The van der Waals surface area contributed by atoms with Crippen LogP contribution >= 0.6 is 11.6 Å². The van der Waals surface area contributed by atoms with E-state index in [-0.39, 0.29) is 24.1 Å². The number of rotatable bonds is 2. The van der Waals surface area contributed by atoms with Crippen molar-refractivity contribution in [2.24, 2.45) is 0 Å². The Labute approximate surface area is 134 Å². The molecule has 0 saturated carbocycles. The van der Waals surface area contributed by atoms with Crippen molar-refractivity contribution in [1.29, 1.82) is 5.26 Å². The first-order chi connectivity index (χ1) is 10.3. The quantitative estimate of drug-likeness (QED) is 0.774. The van der Waals surface area contributed by atoms with E-state index in [1.165, 1.54) is 0 Å². The molecule has 22 heavy (non-hydrogen) atoms. The predicted molar refractivity (Wildman–Crippen MR) is 82.4 cm³/mol. The predicted octanol–water partition coefficient (Wildman–Crippen LogP) is 1.91. The van der Waals surface area contributed by atoms with E-state index in [0.29, 0.717) is 29.7 Å². The Hall–Kier alpha value is -1.32. The Morgan fingerprint density at radius 3 is 2.77 bits per heavy atom. The van der Waals surface area contributed by atoms with Crippen LogP contribution in [0.25, 0.3) is 0 Å². The standard InChI is InChI=1S/C16H19ClN2O3/c1-15(21)6-11-4-5-16(22,9-15)19(11)13-3-2-10(7-18)14(17)12(13)8-20/h2-3,11,20-22H,4-6,8-9H2,1H3/t11-,15+,16-/m0/s1. The number of halogens is 1. The number of piperidine rings is 1. The van der Waals surface area contributed by atoms with Gasteiger partial charge in [0.2, 0.25) is 0 Å². The molecule has 5 nitrogen and oxygen atoms in total. The van der Waals surface area contributed by atoms with Crippen LogP contribution in [0.2, 0.25) is 5.02 Å². The van der Waals surface area contributed by atoms with E-state index in [1.54, 1.807) is 19.1 Å². The summed E-state index contributed by atoms with van der Waals surface area (Å²) in [7, 11) is 0. The smallest absolute Gasteiger partial charge is 0.141 e. The molecule has 6 heteroatoms. The van der Waals surface area contributed by atoms with Crippen LogP contribution in [-0.2, 0) is 6.61 Å². The second kappa shape index (κ2) is 5.10. The number of anilines is 1. The lowest BCUT2D eigenvalue weighted by Gasteiger charge is -2.49. The molecule has 2 heterocycles. The van der Waals surface area contributed by atoms with E-state index in [0.717, 1.165) is 6.42 Å². The maximum Gasteiger partial charge on any atom is 0.141 e. The van der Waals surface area contributed by atoms with E-state index in [9.17, 15) is 15.3 Å². The summed E-state index contributed by atoms with van der Waals surface area (Å²) in [6.07, 6.45) is 2.14. The van der Waals surface area contributed by atoms with Gasteiger partial charge in [0.15, 0.2) is 0 Å². The van der Waals surface area contributed by atoms with Crippen molar-refractivity contribution in [3.8, 4) is 6.07 Å². The molecule has 0 spiro atoms. The van der Waals surface area contributed by atoms with Crippen molar-refractivity contribution in [1.82, 2.24) is 0 Å². The number of nitriles is 1. The number of nitrogens with zero attached hydrogens (tertiary/aromatic N) is 2. The molecule has 2 saturated heterocycles. The molecule has 2 bridgehead atoms. The first-order valence-corrected chi connectivity index (χ1v) is 7.75. The topological polar surface area (TPSA) is 87.7 Å². The van der Waals surface area contributed by atoms with Crippen molar-refractivity contribution in [2.75, 3.05) is 4.90 Å². The van der Waals surface area contributed by atoms with Crippen LogP contribution in [0.15, 0.2) is 12.1 Å². The first kappa shape index (κ1) is 15.6. The van der Waals surface area contributed by atoms with Crippen LogP contribution in [0.3, 0.4) is 0 Å². The third-order valence-corrected chi connectivity index (χ3v) is 5.22. The Morgan fingerprint density at radius 1 is 1.45 bits per heavy atom. The highest BCUT2D eigenvalue weighted by atomic mass is 35.5. The van der Waals surface area contributed by atoms with Crippen molar-refractivity contribution in [3.63, 3.8) is 0 Å². The minimum Gasteiger partial charge on any atom is -0.392 e. The molecule has 0 radical (unpaired) electrons. The number of hydrogen-bond donors (Lipinski definition) is 3. The van der Waals surface area contributed by atoms with Crippen LogP contribution in [0.5, 0.6) is 0 Å². The van der Waals surface area contributed by atoms with Crippen LogP contribution in [-0.4, -0.2) is 32.7 Å². The summed E-state index contributed by atoms with van der Waals surface area (Å²) in [5.74, 6) is 0. The molecule has 3 N–H and O–H groups in total. The molecule has 3 atom stereocenters. The van der Waals surface area contributed by atoms with Gasteiger partial charge in [0.25, 0.3) is 0 Å². The van der Waals surface area contributed by atoms with Gasteiger partial charge in [0.05, 0.1) is 22.8 Å². The summed E-state index contributed by atoms with van der Waals surface area (Å²) in [5.41, 5.74) is -0.645. The molecule has 0 amide bonds. The molecule has 2 fully saturated rings. The van der Waals surface area contributed by atoms with Crippen molar-refractivity contribution < 1.29 is 15.3 Å². The summed E-state index contributed by atoms with van der Waals surface area (Å²) in [6.45, 7) is 1.44. The summed E-state index contributed by atoms with van der Waals surface area (Å²) < 4.78 is 0. The molecule has 118 valence electrons. The van der Waals surface area contributed by atoms with Crippen molar-refractivity contribution in [2.45, 2.75) is 56.6 Å². The molecule has 0 unspecified atom stereocenters. The highest BCUT2D eigenvalue weighted by molar-refractivity contribution is 6.33. The lowest BCUT2D eigenvalue weighted by atomic mass is 9.85. The van der Waals surface area contributed by atoms with Gasteiger partial charge in [-0.15, -0.1) is 0 Å². The Balaban J connectivity index is 2.10. The molecule has 2 aliphatic rings. The van der Waals surface area contributed by atoms with Crippen LogP contribution in [0, 0.1) is 11.3 Å². The largest absolute Gasteiger partial charge is 0.392 e. The zero-order valence-corrected chi connectivity index (χ0v) is 13.1. The van der Waals surface area contributed by atoms with Gasteiger partial charge >= 0.3 is 0 Å². The van der Waals surface area contributed by atoms with Gasteiger partial charge in [0, 0.05) is 23.7 Å². The molecule has 1 aromatic carbocycles. The second-order valence-corrected chi connectivity index (χ2v) is 7.00. The van der Waals surface area contributed by atoms with Gasteiger partial charge in [-0.05, 0) is 38.3 Å². The van der Waals surface area contributed by atoms with Crippen molar-refractivity contribution >= 4 is 17.3 Å². The van der Waals surface area contributed by atoms with Gasteiger partial charge in [-0.3, -0.25) is 0 Å². The molecular formula is C16H19ClN2O3. The Morgan fingerprint density at radius 2 is 2.18 bits per heavy atom. The molecule has 2 aliphatic heterocycles. The minimum atomic E-state index is -1.15. The number of aliphatic hydroxyl groups excluding tert-OH is 1. The summed E-state index contributed by atoms with van der Waals surface area (Å²) in [4.78, 5) is 1.86. The van der Waals surface area contributed by atoms with E-state index < -0.39 is 11.3 Å². The average molecular weight is 323 g/mol.